The van der Waals surface area contributed by atoms with E-state index in [9.17, 15) is 18.4 Å². The van der Waals surface area contributed by atoms with Crippen LogP contribution in [0.15, 0.2) is 41.3 Å². The van der Waals surface area contributed by atoms with Crippen molar-refractivity contribution in [1.82, 2.24) is 4.98 Å². The number of carboxylic acid groups (broad SMARTS) is 1. The second-order valence-corrected chi connectivity index (χ2v) is 8.78. The van der Waals surface area contributed by atoms with E-state index in [1.807, 2.05) is 13.8 Å². The van der Waals surface area contributed by atoms with Gasteiger partial charge in [0.25, 0.3) is 5.91 Å². The molecule has 0 aliphatic rings. The van der Waals surface area contributed by atoms with E-state index in [4.69, 9.17) is 9.84 Å². The molecule has 0 radical (unpaired) electrons. The largest absolute Gasteiger partial charge is 0.478 e. The van der Waals surface area contributed by atoms with E-state index in [1.54, 1.807) is 23.6 Å². The maximum atomic E-state index is 15.3. The molecule has 0 spiro atoms. The fraction of sp³-hybridized carbons (Fsp3) is 0.269. The van der Waals surface area contributed by atoms with Crippen LogP contribution >= 0.6 is 11.3 Å². The first kappa shape index (κ1) is 27.1. The third kappa shape index (κ3) is 6.19. The zero-order chi connectivity index (χ0) is 26.4. The number of carboxylic acids is 1. The van der Waals surface area contributed by atoms with E-state index >= 15 is 4.39 Å². The molecule has 10 heteroatoms. The normalized spacial score (nSPS) is 12.4. The van der Waals surface area contributed by atoms with Crippen LogP contribution < -0.4 is 5.32 Å². The van der Waals surface area contributed by atoms with Crippen LogP contribution in [0.5, 0.6) is 0 Å². The maximum Gasteiger partial charge on any atom is 0.331 e. The van der Waals surface area contributed by atoms with Crippen LogP contribution in [0.2, 0.25) is 0 Å². The summed E-state index contributed by atoms with van der Waals surface area (Å²) in [4.78, 5) is 27.8. The van der Waals surface area contributed by atoms with Crippen molar-refractivity contribution in [3.05, 3.63) is 75.4 Å². The highest BCUT2D eigenvalue weighted by Gasteiger charge is 2.21. The van der Waals surface area contributed by atoms with Gasteiger partial charge < -0.3 is 9.84 Å². The minimum atomic E-state index is -1.32. The number of nitrogens with one attached hydrogen (secondary N) is 1. The lowest BCUT2D eigenvalue weighted by Crippen LogP contribution is -2.13. The van der Waals surface area contributed by atoms with Gasteiger partial charge in [0.05, 0.1) is 11.8 Å². The van der Waals surface area contributed by atoms with E-state index in [0.29, 0.717) is 24.3 Å². The van der Waals surface area contributed by atoms with E-state index in [2.05, 4.69) is 10.3 Å². The number of carbonyl (C=O) groups excluding carboxylic acids is 1. The Morgan fingerprint density at radius 2 is 1.89 bits per heavy atom. The van der Waals surface area contributed by atoms with E-state index < -0.39 is 34.9 Å². The lowest BCUT2D eigenvalue weighted by atomic mass is 10.0. The van der Waals surface area contributed by atoms with Gasteiger partial charge in [-0.2, -0.15) is 0 Å². The van der Waals surface area contributed by atoms with Gasteiger partial charge in [-0.25, -0.2) is 22.9 Å². The Balaban J connectivity index is 1.83. The van der Waals surface area contributed by atoms with Gasteiger partial charge in [0, 0.05) is 39.8 Å². The second-order valence-electron chi connectivity index (χ2n) is 7.92. The van der Waals surface area contributed by atoms with Gasteiger partial charge in [-0.15, -0.1) is 11.3 Å². The van der Waals surface area contributed by atoms with Gasteiger partial charge in [-0.1, -0.05) is 25.5 Å². The van der Waals surface area contributed by atoms with Crippen LogP contribution in [-0.2, 0) is 9.53 Å². The lowest BCUT2D eigenvalue weighted by Gasteiger charge is -2.18. The van der Waals surface area contributed by atoms with Crippen LogP contribution in [0, 0.1) is 17.5 Å². The topological polar surface area (TPSA) is 88.5 Å². The first-order chi connectivity index (χ1) is 17.2. The molecule has 190 valence electrons. The van der Waals surface area contributed by atoms with E-state index in [0.717, 1.165) is 36.0 Å². The third-order valence-electron chi connectivity index (χ3n) is 5.33. The fourth-order valence-electron chi connectivity index (χ4n) is 3.54. The number of rotatable bonds is 10. The molecular formula is C26H25F3N2O4S. The third-order valence-corrected chi connectivity index (χ3v) is 6.09. The predicted molar refractivity (Wildman–Crippen MR) is 132 cm³/mol. The van der Waals surface area contributed by atoms with Crippen LogP contribution in [0.3, 0.4) is 0 Å². The van der Waals surface area contributed by atoms with Crippen molar-refractivity contribution in [3.8, 4) is 11.3 Å². The molecule has 0 aliphatic heterocycles. The summed E-state index contributed by atoms with van der Waals surface area (Å²) in [6.07, 6.45) is 1.93. The molecular weight excluding hydrogens is 493 g/mol. The summed E-state index contributed by atoms with van der Waals surface area (Å²) in [5.41, 5.74) is -0.187. The van der Waals surface area contributed by atoms with Crippen molar-refractivity contribution < 1.29 is 32.6 Å². The number of benzene rings is 2. The fourth-order valence-corrected chi connectivity index (χ4v) is 4.25. The summed E-state index contributed by atoms with van der Waals surface area (Å²) in [5, 5.41) is 13.0. The van der Waals surface area contributed by atoms with E-state index in [1.165, 1.54) is 6.92 Å². The SMILES string of the molecule is CCCC(OCC)c1cccc(-c2csc(NC(=O)c3cc(F)c(/C=C(\C)C(=O)O)c(F)c3)n2)c1F. The smallest absolute Gasteiger partial charge is 0.331 e. The number of aliphatic carboxylic acids is 1. The van der Waals surface area contributed by atoms with Crippen molar-refractivity contribution in [3.63, 3.8) is 0 Å². The number of ether oxygens (including phenoxy) is 1. The Morgan fingerprint density at radius 1 is 1.19 bits per heavy atom. The minimum Gasteiger partial charge on any atom is -0.478 e. The Kier molecular flexibility index (Phi) is 9.00. The average molecular weight is 519 g/mol. The summed E-state index contributed by atoms with van der Waals surface area (Å²) in [6, 6.07) is 6.56. The number of thiazole rings is 1. The number of anilines is 1. The van der Waals surface area contributed by atoms with Crippen molar-refractivity contribution in [2.45, 2.75) is 39.7 Å². The van der Waals surface area contributed by atoms with Crippen LogP contribution in [0.1, 0.15) is 61.2 Å². The van der Waals surface area contributed by atoms with Crippen molar-refractivity contribution in [2.24, 2.45) is 0 Å². The van der Waals surface area contributed by atoms with Crippen molar-refractivity contribution >= 4 is 34.4 Å². The highest BCUT2D eigenvalue weighted by Crippen LogP contribution is 2.33. The molecule has 0 saturated heterocycles. The Morgan fingerprint density at radius 3 is 2.50 bits per heavy atom. The van der Waals surface area contributed by atoms with Crippen LogP contribution in [0.4, 0.5) is 18.3 Å². The highest BCUT2D eigenvalue weighted by molar-refractivity contribution is 7.14. The van der Waals surface area contributed by atoms with Gasteiger partial charge in [-0.3, -0.25) is 10.1 Å². The molecule has 3 aromatic rings. The number of hydrogen-bond acceptors (Lipinski definition) is 5. The molecule has 0 fully saturated rings. The van der Waals surface area contributed by atoms with E-state index in [-0.39, 0.29) is 27.9 Å². The Labute approximate surface area is 210 Å². The monoisotopic (exact) mass is 518 g/mol. The zero-order valence-electron chi connectivity index (χ0n) is 19.9. The number of aromatic nitrogens is 1. The number of nitrogens with zero attached hydrogens (tertiary/aromatic N) is 1. The summed E-state index contributed by atoms with van der Waals surface area (Å²) < 4.78 is 49.8. The zero-order valence-corrected chi connectivity index (χ0v) is 20.7. The Bertz CT molecular complexity index is 1280. The molecule has 6 nitrogen and oxygen atoms in total. The molecule has 2 aromatic carbocycles. The number of carbonyl (C=O) groups is 2. The molecule has 1 atom stereocenters. The first-order valence-corrected chi connectivity index (χ1v) is 12.1. The molecule has 36 heavy (non-hydrogen) atoms. The lowest BCUT2D eigenvalue weighted by molar-refractivity contribution is -0.132. The van der Waals surface area contributed by atoms with Crippen LogP contribution in [0.25, 0.3) is 17.3 Å². The molecule has 2 N–H and O–H groups in total. The molecule has 0 bridgehead atoms. The van der Waals surface area contributed by atoms with Crippen LogP contribution in [-0.4, -0.2) is 28.6 Å². The Hall–Kier alpha value is -3.50. The summed E-state index contributed by atoms with van der Waals surface area (Å²) in [7, 11) is 0. The average Bonchev–Trinajstić information content (AvgIpc) is 3.29. The predicted octanol–water partition coefficient (Wildman–Crippen LogP) is 6.85. The maximum absolute atomic E-state index is 15.3. The number of halogens is 3. The molecule has 0 saturated carbocycles. The minimum absolute atomic E-state index is 0.112. The van der Waals surface area contributed by atoms with Gasteiger partial charge in [-0.05, 0) is 44.5 Å². The number of hydrogen-bond donors (Lipinski definition) is 2. The standard InChI is InChI=1S/C26H25F3N2O4S/c1-4-7-22(35-5-2)17-9-6-8-16(23(17)29)21-13-36-26(30-21)31-24(32)15-11-19(27)18(20(28)12-15)10-14(3)25(33)34/h6,8-13,22H,4-5,7H2,1-3H3,(H,33,34)(H,30,31,32)/b14-10+. The molecule has 1 amide bonds. The summed E-state index contributed by atoms with van der Waals surface area (Å²) >= 11 is 1.03. The molecule has 1 aromatic heterocycles. The first-order valence-electron chi connectivity index (χ1n) is 11.2. The van der Waals surface area contributed by atoms with Crippen molar-refractivity contribution in [2.75, 3.05) is 11.9 Å². The highest BCUT2D eigenvalue weighted by atomic mass is 32.1. The summed E-state index contributed by atoms with van der Waals surface area (Å²) in [5.74, 6) is -4.79. The van der Waals surface area contributed by atoms with Crippen molar-refractivity contribution in [1.29, 1.82) is 0 Å². The van der Waals surface area contributed by atoms with Gasteiger partial charge in [0.2, 0.25) is 0 Å². The van der Waals surface area contributed by atoms with Gasteiger partial charge in [0.1, 0.15) is 17.5 Å². The molecule has 1 unspecified atom stereocenters. The second kappa shape index (κ2) is 12.0. The number of amides is 1. The molecule has 3 rings (SSSR count). The molecule has 1 heterocycles. The molecule has 0 aliphatic carbocycles. The van der Waals surface area contributed by atoms with Gasteiger partial charge >= 0.3 is 5.97 Å². The van der Waals surface area contributed by atoms with Gasteiger partial charge in [0.15, 0.2) is 5.13 Å². The summed E-state index contributed by atoms with van der Waals surface area (Å²) in [6.45, 7) is 5.47. The quantitative estimate of drug-likeness (QED) is 0.287.